The maximum absolute atomic E-state index is 6.09. The highest BCUT2D eigenvalue weighted by Crippen LogP contribution is 2.30. The molecule has 0 fully saturated rings. The molecule has 0 aromatic heterocycles. The molecule has 0 saturated carbocycles. The zero-order chi connectivity index (χ0) is 18.1. The van der Waals surface area contributed by atoms with Gasteiger partial charge in [0, 0.05) is 0 Å². The van der Waals surface area contributed by atoms with Crippen molar-refractivity contribution < 1.29 is 9.47 Å². The molecule has 1 unspecified atom stereocenters. The fraction of sp³-hybridized carbons (Fsp3) is 0.391. The smallest absolute Gasteiger partial charge is 0.119 e. The molecule has 1 atom stereocenters. The van der Waals surface area contributed by atoms with Crippen molar-refractivity contribution in [2.75, 3.05) is 13.7 Å². The summed E-state index contributed by atoms with van der Waals surface area (Å²) in [5.41, 5.74) is 3.34. The Hall–Kier alpha value is -2.22. The molecule has 0 heterocycles. The number of hydrogen-bond donors (Lipinski definition) is 0. The molecule has 0 spiro atoms. The predicted molar refractivity (Wildman–Crippen MR) is 107 cm³/mol. The Balaban J connectivity index is 2.14. The van der Waals surface area contributed by atoms with Crippen molar-refractivity contribution in [3.05, 3.63) is 54.6 Å². The van der Waals surface area contributed by atoms with Crippen molar-refractivity contribution >= 4 is 6.08 Å². The minimum absolute atomic E-state index is 0.633. The van der Waals surface area contributed by atoms with Crippen LogP contribution in [0.3, 0.4) is 0 Å². The second-order valence-electron chi connectivity index (χ2n) is 6.41. The minimum atomic E-state index is 0.633. The molecule has 0 N–H and O–H groups in total. The van der Waals surface area contributed by atoms with Crippen LogP contribution < -0.4 is 9.47 Å². The topological polar surface area (TPSA) is 18.5 Å². The van der Waals surface area contributed by atoms with E-state index in [0.29, 0.717) is 5.92 Å². The fourth-order valence-corrected chi connectivity index (χ4v) is 2.97. The number of ether oxygens (including phenoxy) is 2. The van der Waals surface area contributed by atoms with E-state index in [1.54, 1.807) is 7.11 Å². The molecule has 2 heteroatoms. The van der Waals surface area contributed by atoms with Crippen molar-refractivity contribution in [2.24, 2.45) is 5.92 Å². The SMILES string of the molecule is C=Cc1cc(OC)ccc1-c1cccc(OCC(CC)CCCC)c1. The lowest BCUT2D eigenvalue weighted by Crippen LogP contribution is -2.11. The normalized spacial score (nSPS) is 11.8. The lowest BCUT2D eigenvalue weighted by atomic mass is 9.99. The summed E-state index contributed by atoms with van der Waals surface area (Å²) in [7, 11) is 1.68. The van der Waals surface area contributed by atoms with E-state index in [9.17, 15) is 0 Å². The standard InChI is InChI=1S/C23H30O2/c1-5-8-10-18(6-2)17-25-22-12-9-11-20(16-22)23-14-13-21(24-4)15-19(23)7-3/h7,9,11-16,18H,3,5-6,8,10,17H2,1-2,4H3. The van der Waals surface area contributed by atoms with E-state index < -0.39 is 0 Å². The largest absolute Gasteiger partial charge is 0.497 e. The summed E-state index contributed by atoms with van der Waals surface area (Å²) in [6.07, 6.45) is 6.79. The maximum Gasteiger partial charge on any atom is 0.119 e. The number of benzene rings is 2. The van der Waals surface area contributed by atoms with Crippen LogP contribution in [-0.4, -0.2) is 13.7 Å². The molecule has 0 saturated heterocycles. The van der Waals surface area contributed by atoms with E-state index in [0.717, 1.165) is 34.8 Å². The fourth-order valence-electron chi connectivity index (χ4n) is 2.97. The highest BCUT2D eigenvalue weighted by Gasteiger charge is 2.09. The van der Waals surface area contributed by atoms with Gasteiger partial charge in [-0.05, 0) is 53.3 Å². The summed E-state index contributed by atoms with van der Waals surface area (Å²) in [6, 6.07) is 14.4. The first kappa shape index (κ1) is 19.1. The van der Waals surface area contributed by atoms with Gasteiger partial charge in [0.05, 0.1) is 13.7 Å². The van der Waals surface area contributed by atoms with Crippen molar-refractivity contribution in [3.63, 3.8) is 0 Å². The van der Waals surface area contributed by atoms with Crippen molar-refractivity contribution in [3.8, 4) is 22.6 Å². The zero-order valence-corrected chi connectivity index (χ0v) is 15.8. The molecule has 2 aromatic carbocycles. The summed E-state index contributed by atoms with van der Waals surface area (Å²) in [5.74, 6) is 2.40. The zero-order valence-electron chi connectivity index (χ0n) is 15.8. The summed E-state index contributed by atoms with van der Waals surface area (Å²) in [5, 5.41) is 0. The lowest BCUT2D eigenvalue weighted by Gasteiger charge is -2.16. The third-order valence-electron chi connectivity index (χ3n) is 4.65. The number of hydrogen-bond acceptors (Lipinski definition) is 2. The molecule has 25 heavy (non-hydrogen) atoms. The first-order valence-corrected chi connectivity index (χ1v) is 9.25. The maximum atomic E-state index is 6.09. The number of unbranched alkanes of at least 4 members (excludes halogenated alkanes) is 1. The number of rotatable bonds is 10. The molecular weight excluding hydrogens is 308 g/mol. The van der Waals surface area contributed by atoms with Crippen molar-refractivity contribution in [2.45, 2.75) is 39.5 Å². The van der Waals surface area contributed by atoms with Crippen LogP contribution in [0.5, 0.6) is 11.5 Å². The summed E-state index contributed by atoms with van der Waals surface area (Å²) in [4.78, 5) is 0. The average molecular weight is 338 g/mol. The van der Waals surface area contributed by atoms with Crippen LogP contribution in [0.4, 0.5) is 0 Å². The molecular formula is C23H30O2. The quantitative estimate of drug-likeness (QED) is 0.486. The van der Waals surface area contributed by atoms with Gasteiger partial charge in [-0.25, -0.2) is 0 Å². The molecule has 0 aliphatic carbocycles. The Bertz CT molecular complexity index is 676. The van der Waals surface area contributed by atoms with Crippen LogP contribution in [0.25, 0.3) is 17.2 Å². The monoisotopic (exact) mass is 338 g/mol. The Morgan fingerprint density at radius 3 is 2.60 bits per heavy atom. The minimum Gasteiger partial charge on any atom is -0.497 e. The molecule has 2 nitrogen and oxygen atoms in total. The van der Waals surface area contributed by atoms with E-state index in [-0.39, 0.29) is 0 Å². The van der Waals surface area contributed by atoms with Crippen molar-refractivity contribution in [1.82, 2.24) is 0 Å². The van der Waals surface area contributed by atoms with Gasteiger partial charge in [0.2, 0.25) is 0 Å². The van der Waals surface area contributed by atoms with Crippen LogP contribution >= 0.6 is 0 Å². The van der Waals surface area contributed by atoms with Crippen molar-refractivity contribution in [1.29, 1.82) is 0 Å². The van der Waals surface area contributed by atoms with Gasteiger partial charge in [0.25, 0.3) is 0 Å². The lowest BCUT2D eigenvalue weighted by molar-refractivity contribution is 0.233. The van der Waals surface area contributed by atoms with Gasteiger partial charge in [-0.1, -0.05) is 64.0 Å². The van der Waals surface area contributed by atoms with Crippen LogP contribution in [0.1, 0.15) is 45.1 Å². The Kier molecular flexibility index (Phi) is 7.59. The number of methoxy groups -OCH3 is 1. The van der Waals surface area contributed by atoms with Gasteiger partial charge in [-0.2, -0.15) is 0 Å². The molecule has 2 rings (SSSR count). The third-order valence-corrected chi connectivity index (χ3v) is 4.65. The first-order valence-electron chi connectivity index (χ1n) is 9.25. The molecule has 2 aromatic rings. The Morgan fingerprint density at radius 1 is 1.08 bits per heavy atom. The van der Waals surface area contributed by atoms with Crippen LogP contribution in [0.15, 0.2) is 49.0 Å². The van der Waals surface area contributed by atoms with E-state index in [1.807, 2.05) is 24.3 Å². The van der Waals surface area contributed by atoms with E-state index in [1.165, 1.54) is 25.7 Å². The highest BCUT2D eigenvalue weighted by molar-refractivity contribution is 5.76. The molecule has 0 bridgehead atoms. The van der Waals surface area contributed by atoms with E-state index in [2.05, 4.69) is 44.7 Å². The summed E-state index contributed by atoms with van der Waals surface area (Å²) in [6.45, 7) is 9.20. The van der Waals surface area contributed by atoms with Crippen LogP contribution in [0.2, 0.25) is 0 Å². The van der Waals surface area contributed by atoms with Gasteiger partial charge >= 0.3 is 0 Å². The molecule has 0 amide bonds. The Labute approximate surface area is 152 Å². The highest BCUT2D eigenvalue weighted by atomic mass is 16.5. The average Bonchev–Trinajstić information content (AvgIpc) is 2.67. The molecule has 0 aliphatic rings. The van der Waals surface area contributed by atoms with E-state index in [4.69, 9.17) is 9.47 Å². The van der Waals surface area contributed by atoms with Crippen LogP contribution in [0, 0.1) is 5.92 Å². The van der Waals surface area contributed by atoms with Gasteiger partial charge < -0.3 is 9.47 Å². The van der Waals surface area contributed by atoms with Gasteiger partial charge in [-0.3, -0.25) is 0 Å². The summed E-state index contributed by atoms with van der Waals surface area (Å²) < 4.78 is 11.4. The van der Waals surface area contributed by atoms with Gasteiger partial charge in [0.15, 0.2) is 0 Å². The summed E-state index contributed by atoms with van der Waals surface area (Å²) >= 11 is 0. The van der Waals surface area contributed by atoms with Crippen LogP contribution in [-0.2, 0) is 0 Å². The predicted octanol–water partition coefficient (Wildman–Crippen LogP) is 6.60. The molecule has 0 aliphatic heterocycles. The van der Waals surface area contributed by atoms with Gasteiger partial charge in [0.1, 0.15) is 11.5 Å². The second-order valence-corrected chi connectivity index (χ2v) is 6.41. The molecule has 134 valence electrons. The van der Waals surface area contributed by atoms with E-state index >= 15 is 0 Å². The Morgan fingerprint density at radius 2 is 1.92 bits per heavy atom. The third kappa shape index (κ3) is 5.38. The first-order chi connectivity index (χ1) is 12.2. The molecule has 0 radical (unpaired) electrons. The second kappa shape index (κ2) is 9.93. The van der Waals surface area contributed by atoms with Gasteiger partial charge in [-0.15, -0.1) is 0 Å².